The van der Waals surface area contributed by atoms with Gasteiger partial charge in [0.15, 0.2) is 5.82 Å². The van der Waals surface area contributed by atoms with Gasteiger partial charge < -0.3 is 20.3 Å². The zero-order chi connectivity index (χ0) is 31.9. The molecule has 0 amide bonds. The number of fused-ring (bicyclic) bond motifs is 1. The summed E-state index contributed by atoms with van der Waals surface area (Å²) in [6.45, 7) is 8.11. The fraction of sp³-hybridized carbons (Fsp3) is 0.533. The number of halogens is 5. The molecule has 14 heteroatoms. The van der Waals surface area contributed by atoms with Crippen molar-refractivity contribution in [2.24, 2.45) is 0 Å². The maximum atomic E-state index is 16.6. The maximum absolute atomic E-state index is 16.6. The molecule has 0 aliphatic carbocycles. The lowest BCUT2D eigenvalue weighted by Crippen LogP contribution is -2.53. The van der Waals surface area contributed by atoms with Gasteiger partial charge in [-0.1, -0.05) is 18.5 Å². The van der Waals surface area contributed by atoms with E-state index in [4.69, 9.17) is 22.1 Å². The molecule has 238 valence electrons. The number of benzene rings is 1. The highest BCUT2D eigenvalue weighted by molar-refractivity contribution is 6.34. The van der Waals surface area contributed by atoms with Crippen molar-refractivity contribution in [3.05, 3.63) is 34.1 Å². The fourth-order valence-corrected chi connectivity index (χ4v) is 6.39. The maximum Gasteiger partial charge on any atom is 0.418 e. The number of aryl methyl sites for hydroxylation is 1. The largest absolute Gasteiger partial charge is 0.462 e. The number of nitrogens with zero attached hydrogens (tertiary/aromatic N) is 6. The van der Waals surface area contributed by atoms with Crippen molar-refractivity contribution in [2.45, 2.75) is 58.3 Å². The first-order chi connectivity index (χ1) is 20.8. The normalized spacial score (nSPS) is 20.1. The van der Waals surface area contributed by atoms with Gasteiger partial charge in [-0.05, 0) is 58.0 Å². The van der Waals surface area contributed by atoms with Crippen LogP contribution in [0.3, 0.4) is 0 Å². The Balaban J connectivity index is 1.64. The van der Waals surface area contributed by atoms with Crippen LogP contribution in [0, 0.1) is 12.7 Å². The number of ether oxygens (including phenoxy) is 1. The second-order valence-electron chi connectivity index (χ2n) is 11.6. The van der Waals surface area contributed by atoms with Crippen molar-refractivity contribution in [1.29, 1.82) is 0 Å². The van der Waals surface area contributed by atoms with E-state index in [0.29, 0.717) is 38.4 Å². The standard InChI is InChI=1S/C30H36ClF4N7O2/c1-5-19(43)14-41-9-10-42(17(3)13-41)28-20-12-21(31)23(27-24(30(33,34)35)16(2)11-22(36)37-27)25(32)26(20)38-29(39-28)44-15-18-7-6-8-40(18)4/h11-12,17-18H,5-10,13-15H2,1-4H3,(H2,36,37)/t17-,18-/m0/s1. The molecule has 3 aromatic rings. The number of likely N-dealkylation sites (N-methyl/N-ethyl adjacent to an activating group) is 1. The van der Waals surface area contributed by atoms with Crippen molar-refractivity contribution in [1.82, 2.24) is 24.8 Å². The van der Waals surface area contributed by atoms with Crippen LogP contribution in [0.4, 0.5) is 29.2 Å². The molecule has 1 aromatic carbocycles. The van der Waals surface area contributed by atoms with Gasteiger partial charge in [-0.3, -0.25) is 9.69 Å². The van der Waals surface area contributed by atoms with Crippen molar-refractivity contribution >= 4 is 39.9 Å². The number of hydrogen-bond donors (Lipinski definition) is 1. The number of likely N-dealkylation sites (tertiary alicyclic amines) is 1. The zero-order valence-corrected chi connectivity index (χ0v) is 25.9. The van der Waals surface area contributed by atoms with E-state index in [1.54, 1.807) is 0 Å². The zero-order valence-electron chi connectivity index (χ0n) is 25.1. The Morgan fingerprint density at radius 3 is 2.57 bits per heavy atom. The number of nitrogens with two attached hydrogens (primary N) is 1. The number of hydrogen-bond acceptors (Lipinski definition) is 9. The van der Waals surface area contributed by atoms with Crippen LogP contribution in [0.25, 0.3) is 22.2 Å². The Kier molecular flexibility index (Phi) is 9.20. The summed E-state index contributed by atoms with van der Waals surface area (Å²) in [6, 6.07) is 2.34. The number of pyridine rings is 1. The lowest BCUT2D eigenvalue weighted by Gasteiger charge is -2.40. The molecule has 0 spiro atoms. The Morgan fingerprint density at radius 2 is 1.93 bits per heavy atom. The summed E-state index contributed by atoms with van der Waals surface area (Å²) < 4.78 is 65.2. The van der Waals surface area contributed by atoms with Crippen LogP contribution < -0.4 is 15.4 Å². The van der Waals surface area contributed by atoms with Crippen molar-refractivity contribution in [3.8, 4) is 17.3 Å². The van der Waals surface area contributed by atoms with Gasteiger partial charge in [-0.15, -0.1) is 0 Å². The molecule has 0 bridgehead atoms. The van der Waals surface area contributed by atoms with Gasteiger partial charge in [0.1, 0.15) is 29.5 Å². The van der Waals surface area contributed by atoms with E-state index >= 15 is 4.39 Å². The predicted octanol–water partition coefficient (Wildman–Crippen LogP) is 5.36. The topological polar surface area (TPSA) is 101 Å². The molecular weight excluding hydrogens is 602 g/mol. The average molecular weight is 638 g/mol. The van der Waals surface area contributed by atoms with E-state index in [-0.39, 0.29) is 57.8 Å². The van der Waals surface area contributed by atoms with Crippen LogP contribution in [0.15, 0.2) is 12.1 Å². The number of Topliss-reactive ketones (excluding diaryl/α,β-unsaturated/α-hetero) is 1. The summed E-state index contributed by atoms with van der Waals surface area (Å²) in [7, 11) is 1.99. The van der Waals surface area contributed by atoms with E-state index in [1.807, 2.05) is 25.8 Å². The molecule has 2 aliphatic rings. The SMILES string of the molecule is CCC(=O)CN1CCN(c2nc(OC[C@@H]3CCCN3C)nc3c(F)c(-c4nc(N)cc(C)c4C(F)(F)F)c(Cl)cc23)[C@@H](C)C1. The van der Waals surface area contributed by atoms with Gasteiger partial charge in [-0.25, -0.2) is 9.37 Å². The summed E-state index contributed by atoms with van der Waals surface area (Å²) in [6.07, 6.45) is -2.47. The third kappa shape index (κ3) is 6.40. The first kappa shape index (κ1) is 32.1. The fourth-order valence-electron chi connectivity index (χ4n) is 6.11. The van der Waals surface area contributed by atoms with Gasteiger partial charge in [0.25, 0.3) is 0 Å². The number of carbonyl (C=O) groups excluding carboxylic acids is 1. The Bertz CT molecular complexity index is 1570. The highest BCUT2D eigenvalue weighted by atomic mass is 35.5. The molecule has 4 heterocycles. The van der Waals surface area contributed by atoms with E-state index in [9.17, 15) is 18.0 Å². The molecule has 2 N–H and O–H groups in total. The van der Waals surface area contributed by atoms with Gasteiger partial charge in [0.2, 0.25) is 0 Å². The van der Waals surface area contributed by atoms with Gasteiger partial charge in [0.05, 0.1) is 28.4 Å². The van der Waals surface area contributed by atoms with Gasteiger partial charge in [0, 0.05) is 43.5 Å². The second kappa shape index (κ2) is 12.6. The molecule has 9 nitrogen and oxygen atoms in total. The second-order valence-corrected chi connectivity index (χ2v) is 12.0. The number of ketones is 1. The number of rotatable bonds is 8. The summed E-state index contributed by atoms with van der Waals surface area (Å²) in [4.78, 5) is 31.2. The van der Waals surface area contributed by atoms with E-state index in [0.717, 1.165) is 25.5 Å². The molecular formula is C30H36ClF4N7O2. The summed E-state index contributed by atoms with van der Waals surface area (Å²) in [5, 5.41) is -0.0652. The first-order valence-electron chi connectivity index (χ1n) is 14.7. The summed E-state index contributed by atoms with van der Waals surface area (Å²) in [5.74, 6) is -0.807. The molecule has 2 aliphatic heterocycles. The lowest BCUT2D eigenvalue weighted by molar-refractivity contribution is -0.137. The minimum Gasteiger partial charge on any atom is -0.462 e. The van der Waals surface area contributed by atoms with Gasteiger partial charge in [-0.2, -0.15) is 23.1 Å². The number of nitrogen functional groups attached to an aromatic ring is 1. The summed E-state index contributed by atoms with van der Waals surface area (Å²) in [5.41, 5.74) is 2.97. The third-order valence-electron chi connectivity index (χ3n) is 8.45. The lowest BCUT2D eigenvalue weighted by atomic mass is 9.99. The molecule has 5 rings (SSSR count). The molecule has 0 saturated carbocycles. The van der Waals surface area contributed by atoms with Gasteiger partial charge >= 0.3 is 12.2 Å². The smallest absolute Gasteiger partial charge is 0.418 e. The van der Waals surface area contributed by atoms with E-state index < -0.39 is 28.8 Å². The number of piperazine rings is 1. The van der Waals surface area contributed by atoms with Crippen LogP contribution in [0.1, 0.15) is 44.2 Å². The molecule has 2 saturated heterocycles. The van der Waals surface area contributed by atoms with Crippen LogP contribution in [-0.2, 0) is 11.0 Å². The van der Waals surface area contributed by atoms with Crippen molar-refractivity contribution in [2.75, 3.05) is 57.0 Å². The van der Waals surface area contributed by atoms with Crippen LogP contribution >= 0.6 is 11.6 Å². The number of anilines is 2. The summed E-state index contributed by atoms with van der Waals surface area (Å²) >= 11 is 6.57. The Hall–Kier alpha value is -3.29. The highest BCUT2D eigenvalue weighted by Crippen LogP contribution is 2.44. The monoisotopic (exact) mass is 637 g/mol. The minimum atomic E-state index is -4.85. The Labute approximate surface area is 258 Å². The molecule has 2 fully saturated rings. The van der Waals surface area contributed by atoms with Crippen LogP contribution in [0.2, 0.25) is 5.02 Å². The highest BCUT2D eigenvalue weighted by Gasteiger charge is 2.39. The number of aromatic nitrogens is 3. The minimum absolute atomic E-state index is 0.0940. The predicted molar refractivity (Wildman–Crippen MR) is 162 cm³/mol. The quantitative estimate of drug-likeness (QED) is 0.327. The van der Waals surface area contributed by atoms with Crippen LogP contribution in [0.5, 0.6) is 6.01 Å². The molecule has 2 aromatic heterocycles. The van der Waals surface area contributed by atoms with Crippen molar-refractivity contribution < 1.29 is 27.1 Å². The first-order valence-corrected chi connectivity index (χ1v) is 15.0. The van der Waals surface area contributed by atoms with E-state index in [2.05, 4.69) is 24.8 Å². The van der Waals surface area contributed by atoms with E-state index in [1.165, 1.54) is 13.0 Å². The molecule has 0 radical (unpaired) electrons. The molecule has 44 heavy (non-hydrogen) atoms. The number of alkyl halides is 3. The molecule has 2 atom stereocenters. The van der Waals surface area contributed by atoms with Crippen molar-refractivity contribution in [3.63, 3.8) is 0 Å². The molecule has 0 unspecified atom stereocenters. The Morgan fingerprint density at radius 1 is 1.18 bits per heavy atom. The average Bonchev–Trinajstić information content (AvgIpc) is 3.35. The number of carbonyl (C=O) groups is 1. The third-order valence-corrected chi connectivity index (χ3v) is 8.75. The van der Waals surface area contributed by atoms with Crippen LogP contribution in [-0.4, -0.2) is 89.0 Å².